The van der Waals surface area contributed by atoms with E-state index in [4.69, 9.17) is 28.4 Å². The molecule has 4 atom stereocenters. The molecule has 0 spiro atoms. The molecule has 13 heteroatoms. The number of rotatable bonds is 7. The maximum Gasteiger partial charge on any atom is 0.203 e. The topological polar surface area (TPSA) is 193 Å². The highest BCUT2D eigenvalue weighted by Gasteiger charge is 2.43. The fourth-order valence-corrected chi connectivity index (χ4v) is 3.06. The minimum atomic E-state index is -1.23. The van der Waals surface area contributed by atoms with Crippen LogP contribution < -0.4 is 16.8 Å². The van der Waals surface area contributed by atoms with Crippen molar-refractivity contribution in [3.05, 3.63) is 11.0 Å². The SMILES string of the molecule is NC(N)=NCCCNc1nc(=S)c2ncn(C3O[C@H](CO)[C@H](O)C3O)c2[nH]1. The largest absolute Gasteiger partial charge is 0.394 e. The van der Waals surface area contributed by atoms with Crippen LogP contribution in [-0.4, -0.2) is 78.8 Å². The molecule has 1 aliphatic heterocycles. The van der Waals surface area contributed by atoms with Crippen LogP contribution in [0.1, 0.15) is 12.6 Å². The lowest BCUT2D eigenvalue weighted by molar-refractivity contribution is -0.0511. The Kier molecular flexibility index (Phi) is 5.86. The Labute approximate surface area is 158 Å². The summed E-state index contributed by atoms with van der Waals surface area (Å²) in [6.45, 7) is 0.600. The molecule has 12 nitrogen and oxygen atoms in total. The number of hydrogen-bond acceptors (Lipinski definition) is 9. The van der Waals surface area contributed by atoms with E-state index < -0.39 is 31.1 Å². The number of aliphatic hydroxyl groups excluding tert-OH is 3. The molecule has 3 rings (SSSR count). The second-order valence-electron chi connectivity index (χ2n) is 6.06. The Morgan fingerprint density at radius 3 is 2.85 bits per heavy atom. The van der Waals surface area contributed by atoms with Crippen LogP contribution in [0.15, 0.2) is 11.3 Å². The Hall–Kier alpha value is -2.32. The number of nitrogens with one attached hydrogen (secondary N) is 2. The number of ether oxygens (including phenoxy) is 1. The summed E-state index contributed by atoms with van der Waals surface area (Å²) in [5.74, 6) is 0.446. The molecular weight excluding hydrogens is 376 g/mol. The van der Waals surface area contributed by atoms with Gasteiger partial charge in [0.1, 0.15) is 29.5 Å². The van der Waals surface area contributed by atoms with Gasteiger partial charge in [0.25, 0.3) is 0 Å². The number of aliphatic imine (C=N–C) groups is 1. The Bertz CT molecular complexity index is 880. The van der Waals surface area contributed by atoms with E-state index in [1.54, 1.807) is 0 Å². The molecule has 0 amide bonds. The highest BCUT2D eigenvalue weighted by Crippen LogP contribution is 2.31. The van der Waals surface area contributed by atoms with Gasteiger partial charge in [0, 0.05) is 13.1 Å². The monoisotopic (exact) mass is 398 g/mol. The fourth-order valence-electron chi connectivity index (χ4n) is 2.82. The van der Waals surface area contributed by atoms with Crippen molar-refractivity contribution in [2.24, 2.45) is 16.5 Å². The van der Waals surface area contributed by atoms with Gasteiger partial charge in [-0.05, 0) is 6.42 Å². The maximum absolute atomic E-state index is 10.2. The summed E-state index contributed by atoms with van der Waals surface area (Å²) in [6.07, 6.45) is -2.15. The predicted molar refractivity (Wildman–Crippen MR) is 99.5 cm³/mol. The summed E-state index contributed by atoms with van der Waals surface area (Å²) in [5.41, 5.74) is 11.4. The summed E-state index contributed by atoms with van der Waals surface area (Å²) < 4.78 is 7.32. The van der Waals surface area contributed by atoms with Gasteiger partial charge in [-0.15, -0.1) is 0 Å². The average Bonchev–Trinajstić information content (AvgIpc) is 3.16. The minimum Gasteiger partial charge on any atom is -0.394 e. The van der Waals surface area contributed by atoms with Crippen LogP contribution in [0, 0.1) is 4.64 Å². The van der Waals surface area contributed by atoms with Crippen molar-refractivity contribution in [1.29, 1.82) is 0 Å². The molecule has 1 fully saturated rings. The first kappa shape index (κ1) is 19.4. The summed E-state index contributed by atoms with van der Waals surface area (Å²) >= 11 is 5.27. The maximum atomic E-state index is 10.2. The summed E-state index contributed by atoms with van der Waals surface area (Å²) in [7, 11) is 0. The van der Waals surface area contributed by atoms with E-state index in [-0.39, 0.29) is 10.6 Å². The normalized spacial score (nSPS) is 25.0. The number of nitrogens with zero attached hydrogens (tertiary/aromatic N) is 4. The van der Waals surface area contributed by atoms with Crippen molar-refractivity contribution in [3.8, 4) is 0 Å². The van der Waals surface area contributed by atoms with Crippen LogP contribution in [0.2, 0.25) is 0 Å². The van der Waals surface area contributed by atoms with Crippen LogP contribution in [0.4, 0.5) is 5.95 Å². The van der Waals surface area contributed by atoms with Crippen molar-refractivity contribution < 1.29 is 20.1 Å². The van der Waals surface area contributed by atoms with E-state index in [1.165, 1.54) is 10.9 Å². The molecule has 3 heterocycles. The van der Waals surface area contributed by atoms with Gasteiger partial charge in [-0.3, -0.25) is 9.56 Å². The molecule has 0 bridgehead atoms. The first-order chi connectivity index (χ1) is 12.9. The lowest BCUT2D eigenvalue weighted by Crippen LogP contribution is -2.33. The van der Waals surface area contributed by atoms with E-state index in [2.05, 4.69) is 25.3 Å². The van der Waals surface area contributed by atoms with Crippen LogP contribution in [0.25, 0.3) is 11.2 Å². The molecule has 27 heavy (non-hydrogen) atoms. The number of nitrogens with two attached hydrogens (primary N) is 2. The smallest absolute Gasteiger partial charge is 0.203 e. The minimum absolute atomic E-state index is 0.0383. The molecule has 148 valence electrons. The van der Waals surface area contributed by atoms with Gasteiger partial charge in [0.2, 0.25) is 5.95 Å². The molecule has 2 aromatic rings. The quantitative estimate of drug-likeness (QED) is 0.121. The van der Waals surface area contributed by atoms with Gasteiger partial charge in [-0.1, -0.05) is 12.2 Å². The van der Waals surface area contributed by atoms with E-state index in [0.717, 1.165) is 0 Å². The number of fused-ring (bicyclic) bond motifs is 1. The number of imidazole rings is 1. The van der Waals surface area contributed by atoms with Gasteiger partial charge in [-0.25, -0.2) is 9.97 Å². The van der Waals surface area contributed by atoms with Gasteiger partial charge in [-0.2, -0.15) is 0 Å². The number of H-pyrrole nitrogens is 1. The summed E-state index contributed by atoms with van der Waals surface area (Å²) in [6, 6.07) is 0. The van der Waals surface area contributed by atoms with Gasteiger partial charge in [0.05, 0.1) is 12.9 Å². The summed E-state index contributed by atoms with van der Waals surface area (Å²) in [4.78, 5) is 15.4. The van der Waals surface area contributed by atoms with E-state index >= 15 is 0 Å². The van der Waals surface area contributed by atoms with Crippen LogP contribution in [-0.2, 0) is 4.74 Å². The van der Waals surface area contributed by atoms with E-state index in [1.807, 2.05) is 0 Å². The van der Waals surface area contributed by atoms with Crippen molar-refractivity contribution in [2.45, 2.75) is 31.0 Å². The number of aromatic nitrogens is 4. The molecule has 1 aliphatic rings. The van der Waals surface area contributed by atoms with Gasteiger partial charge in [0.15, 0.2) is 16.8 Å². The van der Waals surface area contributed by atoms with Crippen LogP contribution >= 0.6 is 12.2 Å². The molecule has 9 N–H and O–H groups in total. The van der Waals surface area contributed by atoms with Gasteiger partial charge >= 0.3 is 0 Å². The highest BCUT2D eigenvalue weighted by atomic mass is 32.1. The fraction of sp³-hybridized carbons (Fsp3) is 0.571. The van der Waals surface area contributed by atoms with Crippen molar-refractivity contribution in [1.82, 2.24) is 19.5 Å². The zero-order chi connectivity index (χ0) is 19.6. The highest BCUT2D eigenvalue weighted by molar-refractivity contribution is 7.71. The van der Waals surface area contributed by atoms with Crippen molar-refractivity contribution >= 4 is 35.3 Å². The van der Waals surface area contributed by atoms with Crippen LogP contribution in [0.3, 0.4) is 0 Å². The van der Waals surface area contributed by atoms with Crippen molar-refractivity contribution in [2.75, 3.05) is 25.0 Å². The van der Waals surface area contributed by atoms with Crippen molar-refractivity contribution in [3.63, 3.8) is 0 Å². The Balaban J connectivity index is 1.81. The molecule has 2 unspecified atom stereocenters. The molecule has 2 aromatic heterocycles. The summed E-state index contributed by atoms with van der Waals surface area (Å²) in [5, 5.41) is 32.5. The average molecular weight is 398 g/mol. The third kappa shape index (κ3) is 4.01. The molecule has 1 saturated heterocycles. The number of hydrogen-bond donors (Lipinski definition) is 7. The zero-order valence-corrected chi connectivity index (χ0v) is 15.1. The van der Waals surface area contributed by atoms with E-state index in [9.17, 15) is 15.3 Å². The Morgan fingerprint density at radius 2 is 2.19 bits per heavy atom. The lowest BCUT2D eigenvalue weighted by Gasteiger charge is -2.17. The lowest BCUT2D eigenvalue weighted by atomic mass is 10.1. The molecule has 0 aliphatic carbocycles. The molecule has 0 radical (unpaired) electrons. The Morgan fingerprint density at radius 1 is 1.41 bits per heavy atom. The molecule has 0 aromatic carbocycles. The zero-order valence-electron chi connectivity index (χ0n) is 14.3. The number of anilines is 1. The third-order valence-corrected chi connectivity index (χ3v) is 4.44. The molecular formula is C14H22N8O4S. The molecule has 0 saturated carbocycles. The first-order valence-electron chi connectivity index (χ1n) is 8.31. The number of aliphatic hydroxyl groups is 3. The standard InChI is InChI=1S/C14H22N8O4S/c15-13(16)17-2-1-3-18-14-20-10-7(11(27)21-14)19-5-22(10)12-9(25)8(24)6(4-23)26-12/h5-6,8-9,12,23-25H,1-4H2,(H4,15,16,17)(H2,18,20,21,27)/t6-,8+,9?,12?/m1/s1. The number of aromatic amines is 1. The van der Waals surface area contributed by atoms with Gasteiger partial charge < -0.3 is 41.8 Å². The second kappa shape index (κ2) is 8.14. The predicted octanol–water partition coefficient (Wildman–Crippen LogP) is -1.82. The second-order valence-corrected chi connectivity index (χ2v) is 6.44. The first-order valence-corrected chi connectivity index (χ1v) is 8.71. The number of guanidine groups is 1. The third-order valence-electron chi connectivity index (χ3n) is 4.16. The van der Waals surface area contributed by atoms with E-state index in [0.29, 0.717) is 36.6 Å². The van der Waals surface area contributed by atoms with Crippen LogP contribution in [0.5, 0.6) is 0 Å².